The third-order valence-corrected chi connectivity index (χ3v) is 3.80. The molecule has 1 aromatic rings. The Kier molecular flexibility index (Phi) is 5.60. The van der Waals surface area contributed by atoms with Gasteiger partial charge >= 0.3 is 6.09 Å². The summed E-state index contributed by atoms with van der Waals surface area (Å²) in [6.07, 6.45) is 0.220. The monoisotopic (exact) mass is 328 g/mol. The van der Waals surface area contributed by atoms with Gasteiger partial charge in [-0.2, -0.15) is 0 Å². The normalized spacial score (nSPS) is 15.4. The molecule has 1 aromatic carbocycles. The highest BCUT2D eigenvalue weighted by molar-refractivity contribution is 6.33. The second kappa shape index (κ2) is 7.45. The Bertz CT molecular complexity index is 547. The maximum Gasteiger partial charge on any atom is 0.409 e. The van der Waals surface area contributed by atoms with Crippen molar-refractivity contribution >= 4 is 23.6 Å². The lowest BCUT2D eigenvalue weighted by atomic mass is 10.1. The second-order valence-corrected chi connectivity index (χ2v) is 5.34. The zero-order valence-electron chi connectivity index (χ0n) is 12.3. The fourth-order valence-electron chi connectivity index (χ4n) is 2.38. The molecule has 5 nitrogen and oxygen atoms in total. The Balaban J connectivity index is 2.08. The Morgan fingerprint density at radius 3 is 2.59 bits per heavy atom. The van der Waals surface area contributed by atoms with Gasteiger partial charge in [0.05, 0.1) is 17.2 Å². The van der Waals surface area contributed by atoms with Gasteiger partial charge in [-0.3, -0.25) is 4.79 Å². The average molecular weight is 329 g/mol. The van der Waals surface area contributed by atoms with Crippen molar-refractivity contribution in [2.75, 3.05) is 32.8 Å². The second-order valence-electron chi connectivity index (χ2n) is 4.93. The molecule has 7 heteroatoms. The van der Waals surface area contributed by atoms with Gasteiger partial charge in [-0.1, -0.05) is 17.7 Å². The predicted molar refractivity (Wildman–Crippen MR) is 80.5 cm³/mol. The molecule has 0 spiro atoms. The van der Waals surface area contributed by atoms with E-state index in [2.05, 4.69) is 0 Å². The van der Waals surface area contributed by atoms with E-state index >= 15 is 0 Å². The van der Waals surface area contributed by atoms with Crippen molar-refractivity contribution in [3.8, 4) is 0 Å². The number of ether oxygens (including phenoxy) is 1. The molecule has 1 aliphatic heterocycles. The SMILES string of the molecule is CCOC(=O)N1CCCN(C(=O)c2c(F)cccc2Cl)CC1. The summed E-state index contributed by atoms with van der Waals surface area (Å²) >= 11 is 5.93. The Morgan fingerprint density at radius 2 is 1.91 bits per heavy atom. The molecule has 0 atom stereocenters. The van der Waals surface area contributed by atoms with E-state index in [1.54, 1.807) is 11.8 Å². The Labute approximate surface area is 133 Å². The average Bonchev–Trinajstić information content (AvgIpc) is 2.73. The molecule has 1 saturated heterocycles. The molecule has 120 valence electrons. The standard InChI is InChI=1S/C15H18ClFN2O3/c1-2-22-15(21)19-8-4-7-18(9-10-19)14(20)13-11(16)5-3-6-12(13)17/h3,5-6H,2,4,7-10H2,1H3. The maximum absolute atomic E-state index is 13.8. The molecular weight excluding hydrogens is 311 g/mol. The summed E-state index contributed by atoms with van der Waals surface area (Å²) < 4.78 is 18.8. The smallest absolute Gasteiger partial charge is 0.409 e. The molecule has 1 heterocycles. The third-order valence-electron chi connectivity index (χ3n) is 3.49. The van der Waals surface area contributed by atoms with E-state index in [4.69, 9.17) is 16.3 Å². The van der Waals surface area contributed by atoms with Gasteiger partial charge in [-0.15, -0.1) is 0 Å². The van der Waals surface area contributed by atoms with E-state index in [1.165, 1.54) is 23.1 Å². The summed E-state index contributed by atoms with van der Waals surface area (Å²) in [5.74, 6) is -1.09. The molecule has 2 rings (SSSR count). The molecule has 1 aliphatic rings. The van der Waals surface area contributed by atoms with Gasteiger partial charge in [0, 0.05) is 26.2 Å². The number of benzene rings is 1. The van der Waals surface area contributed by atoms with Crippen LogP contribution in [0.15, 0.2) is 18.2 Å². The van der Waals surface area contributed by atoms with Crippen LogP contribution in [0.5, 0.6) is 0 Å². The summed E-state index contributed by atoms with van der Waals surface area (Å²) in [5.41, 5.74) is -0.117. The number of carbonyl (C=O) groups is 2. The van der Waals surface area contributed by atoms with Crippen LogP contribution in [0, 0.1) is 5.82 Å². The summed E-state index contributed by atoms with van der Waals surface area (Å²) in [6, 6.07) is 4.15. The molecule has 0 aliphatic carbocycles. The number of rotatable bonds is 2. The first kappa shape index (κ1) is 16.5. The van der Waals surface area contributed by atoms with Crippen LogP contribution in [-0.2, 0) is 4.74 Å². The van der Waals surface area contributed by atoms with Crippen LogP contribution in [0.3, 0.4) is 0 Å². The van der Waals surface area contributed by atoms with Crippen LogP contribution in [-0.4, -0.2) is 54.6 Å². The number of nitrogens with zero attached hydrogens (tertiary/aromatic N) is 2. The lowest BCUT2D eigenvalue weighted by Gasteiger charge is -2.22. The number of carbonyl (C=O) groups excluding carboxylic acids is 2. The highest BCUT2D eigenvalue weighted by atomic mass is 35.5. The van der Waals surface area contributed by atoms with Crippen molar-refractivity contribution in [3.63, 3.8) is 0 Å². The van der Waals surface area contributed by atoms with E-state index in [0.29, 0.717) is 39.2 Å². The molecule has 1 fully saturated rings. The highest BCUT2D eigenvalue weighted by Gasteiger charge is 2.26. The zero-order chi connectivity index (χ0) is 16.1. The van der Waals surface area contributed by atoms with Gasteiger partial charge < -0.3 is 14.5 Å². The van der Waals surface area contributed by atoms with E-state index < -0.39 is 11.7 Å². The van der Waals surface area contributed by atoms with Gasteiger partial charge in [0.15, 0.2) is 0 Å². The van der Waals surface area contributed by atoms with Gasteiger partial charge in [0.25, 0.3) is 5.91 Å². The van der Waals surface area contributed by atoms with Crippen LogP contribution in [0.2, 0.25) is 5.02 Å². The molecule has 0 saturated carbocycles. The van der Waals surface area contributed by atoms with Crippen molar-refractivity contribution in [1.82, 2.24) is 9.80 Å². The molecular formula is C15H18ClFN2O3. The summed E-state index contributed by atoms with van der Waals surface area (Å²) in [7, 11) is 0. The molecule has 0 N–H and O–H groups in total. The molecule has 0 unspecified atom stereocenters. The number of hydrogen-bond donors (Lipinski definition) is 0. The fourth-order valence-corrected chi connectivity index (χ4v) is 2.62. The molecule has 0 aromatic heterocycles. The summed E-state index contributed by atoms with van der Waals surface area (Å²) in [5, 5.41) is 0.0940. The van der Waals surface area contributed by atoms with Crippen LogP contribution >= 0.6 is 11.6 Å². The van der Waals surface area contributed by atoms with Crippen molar-refractivity contribution in [2.24, 2.45) is 0 Å². The van der Waals surface area contributed by atoms with E-state index in [9.17, 15) is 14.0 Å². The largest absolute Gasteiger partial charge is 0.450 e. The molecule has 0 bridgehead atoms. The lowest BCUT2D eigenvalue weighted by Crippen LogP contribution is -2.38. The van der Waals surface area contributed by atoms with Crippen LogP contribution < -0.4 is 0 Å². The number of hydrogen-bond acceptors (Lipinski definition) is 3. The first-order chi connectivity index (χ1) is 10.5. The van der Waals surface area contributed by atoms with Crippen molar-refractivity contribution in [2.45, 2.75) is 13.3 Å². The van der Waals surface area contributed by atoms with E-state index in [0.717, 1.165) is 0 Å². The Hall–Kier alpha value is -1.82. The lowest BCUT2D eigenvalue weighted by molar-refractivity contribution is 0.0749. The minimum Gasteiger partial charge on any atom is -0.450 e. The number of amides is 2. The maximum atomic E-state index is 13.8. The fraction of sp³-hybridized carbons (Fsp3) is 0.467. The predicted octanol–water partition coefficient (Wildman–Crippen LogP) is 2.78. The molecule has 22 heavy (non-hydrogen) atoms. The quantitative estimate of drug-likeness (QED) is 0.838. The number of halogens is 2. The van der Waals surface area contributed by atoms with Gasteiger partial charge in [0.1, 0.15) is 5.82 Å². The third kappa shape index (κ3) is 3.68. The zero-order valence-corrected chi connectivity index (χ0v) is 13.1. The van der Waals surface area contributed by atoms with Crippen LogP contribution in [0.25, 0.3) is 0 Å². The minimum absolute atomic E-state index is 0.0940. The first-order valence-corrected chi connectivity index (χ1v) is 7.57. The molecule has 0 radical (unpaired) electrons. The van der Waals surface area contributed by atoms with Crippen molar-refractivity contribution in [3.05, 3.63) is 34.6 Å². The van der Waals surface area contributed by atoms with Crippen molar-refractivity contribution in [1.29, 1.82) is 0 Å². The molecule has 2 amide bonds. The summed E-state index contributed by atoms with van der Waals surface area (Å²) in [4.78, 5) is 27.3. The van der Waals surface area contributed by atoms with E-state index in [1.807, 2.05) is 0 Å². The Morgan fingerprint density at radius 1 is 1.23 bits per heavy atom. The van der Waals surface area contributed by atoms with Gasteiger partial charge in [-0.05, 0) is 25.5 Å². The topological polar surface area (TPSA) is 49.9 Å². The van der Waals surface area contributed by atoms with Gasteiger partial charge in [0.2, 0.25) is 0 Å². The van der Waals surface area contributed by atoms with Crippen LogP contribution in [0.4, 0.5) is 9.18 Å². The van der Waals surface area contributed by atoms with E-state index in [-0.39, 0.29) is 16.7 Å². The minimum atomic E-state index is -0.635. The highest BCUT2D eigenvalue weighted by Crippen LogP contribution is 2.21. The first-order valence-electron chi connectivity index (χ1n) is 7.19. The van der Waals surface area contributed by atoms with Gasteiger partial charge in [-0.25, -0.2) is 9.18 Å². The summed E-state index contributed by atoms with van der Waals surface area (Å²) in [6.45, 7) is 3.68. The van der Waals surface area contributed by atoms with Crippen molar-refractivity contribution < 1.29 is 18.7 Å². The van der Waals surface area contributed by atoms with Crippen LogP contribution in [0.1, 0.15) is 23.7 Å².